The molecule has 0 saturated heterocycles. The summed E-state index contributed by atoms with van der Waals surface area (Å²) in [6.45, 7) is 6.31. The lowest BCUT2D eigenvalue weighted by atomic mass is 10.0. The number of hydrogen-bond acceptors (Lipinski definition) is 6. The summed E-state index contributed by atoms with van der Waals surface area (Å²) in [7, 11) is 0. The molecular formula is C62H100O6. The van der Waals surface area contributed by atoms with Gasteiger partial charge in [-0.25, -0.2) is 0 Å². The van der Waals surface area contributed by atoms with E-state index in [2.05, 4.69) is 130 Å². The zero-order valence-corrected chi connectivity index (χ0v) is 43.8. The van der Waals surface area contributed by atoms with Crippen LogP contribution in [0.25, 0.3) is 0 Å². The molecule has 1 atom stereocenters. The fourth-order valence-corrected chi connectivity index (χ4v) is 7.19. The summed E-state index contributed by atoms with van der Waals surface area (Å²) in [4.78, 5) is 38.0. The monoisotopic (exact) mass is 941 g/mol. The Hall–Kier alpha value is -4.19. The molecule has 0 aromatic rings. The van der Waals surface area contributed by atoms with E-state index in [4.69, 9.17) is 14.2 Å². The highest BCUT2D eigenvalue weighted by molar-refractivity contribution is 5.72. The molecule has 0 aromatic heterocycles. The summed E-state index contributed by atoms with van der Waals surface area (Å²) >= 11 is 0. The number of carbonyl (C=O) groups is 3. The molecule has 0 spiro atoms. The van der Waals surface area contributed by atoms with Crippen LogP contribution in [0.5, 0.6) is 0 Å². The number of rotatable bonds is 48. The predicted molar refractivity (Wildman–Crippen MR) is 293 cm³/mol. The van der Waals surface area contributed by atoms with Gasteiger partial charge in [-0.15, -0.1) is 0 Å². The zero-order valence-electron chi connectivity index (χ0n) is 43.8. The second kappa shape index (κ2) is 55.4. The maximum absolute atomic E-state index is 12.8. The van der Waals surface area contributed by atoms with Crippen LogP contribution in [-0.4, -0.2) is 37.2 Å². The van der Waals surface area contributed by atoms with Crippen molar-refractivity contribution in [1.82, 2.24) is 0 Å². The molecule has 68 heavy (non-hydrogen) atoms. The molecule has 6 heteroatoms. The molecule has 384 valence electrons. The van der Waals surface area contributed by atoms with Gasteiger partial charge in [-0.2, -0.15) is 0 Å². The van der Waals surface area contributed by atoms with E-state index in [1.54, 1.807) is 6.08 Å². The van der Waals surface area contributed by atoms with Gasteiger partial charge in [0.05, 0.1) is 6.42 Å². The van der Waals surface area contributed by atoms with Crippen LogP contribution < -0.4 is 0 Å². The topological polar surface area (TPSA) is 78.9 Å². The van der Waals surface area contributed by atoms with Crippen molar-refractivity contribution in [1.29, 1.82) is 0 Å². The first kappa shape index (κ1) is 63.8. The molecule has 0 fully saturated rings. The van der Waals surface area contributed by atoms with Crippen LogP contribution in [0, 0.1) is 0 Å². The number of esters is 3. The van der Waals surface area contributed by atoms with Crippen LogP contribution in [0.3, 0.4) is 0 Å². The van der Waals surface area contributed by atoms with Crippen molar-refractivity contribution in [3.8, 4) is 0 Å². The highest BCUT2D eigenvalue weighted by Gasteiger charge is 2.19. The molecule has 0 aromatic carbocycles. The van der Waals surface area contributed by atoms with E-state index in [9.17, 15) is 14.4 Å². The van der Waals surface area contributed by atoms with E-state index in [0.29, 0.717) is 19.3 Å². The van der Waals surface area contributed by atoms with Crippen molar-refractivity contribution in [3.05, 3.63) is 122 Å². The van der Waals surface area contributed by atoms with Gasteiger partial charge in [0, 0.05) is 12.8 Å². The zero-order chi connectivity index (χ0) is 49.3. The second-order valence-electron chi connectivity index (χ2n) is 17.8. The van der Waals surface area contributed by atoms with Crippen molar-refractivity contribution in [2.45, 2.75) is 239 Å². The van der Waals surface area contributed by atoms with E-state index in [1.165, 1.54) is 70.6 Å². The third-order valence-electron chi connectivity index (χ3n) is 11.2. The SMILES string of the molecule is CC/C=C\C/C=C\C/C=C\C/C=C\C/C=C\CCCCCCCC(=O)OCC(COC(=O)CCCCCCCCCCCCCCCC)OC(=O)C/C=C\C/C=C\C/C=C\C/C=C\C/C=C\CC. The lowest BCUT2D eigenvalue weighted by Gasteiger charge is -2.18. The van der Waals surface area contributed by atoms with E-state index in [0.717, 1.165) is 116 Å². The molecule has 1 unspecified atom stereocenters. The summed E-state index contributed by atoms with van der Waals surface area (Å²) in [6.07, 6.45) is 76.4. The molecule has 0 heterocycles. The summed E-state index contributed by atoms with van der Waals surface area (Å²) in [6, 6.07) is 0. The first-order chi connectivity index (χ1) is 33.5. The number of hydrogen-bond donors (Lipinski definition) is 0. The van der Waals surface area contributed by atoms with Gasteiger partial charge in [0.25, 0.3) is 0 Å². The van der Waals surface area contributed by atoms with Crippen molar-refractivity contribution in [2.75, 3.05) is 13.2 Å². The smallest absolute Gasteiger partial charge is 0.310 e. The molecule has 0 amide bonds. The highest BCUT2D eigenvalue weighted by Crippen LogP contribution is 2.14. The third-order valence-corrected chi connectivity index (χ3v) is 11.2. The first-order valence-electron chi connectivity index (χ1n) is 27.5. The quantitative estimate of drug-likeness (QED) is 0.0262. The van der Waals surface area contributed by atoms with Gasteiger partial charge in [-0.1, -0.05) is 245 Å². The molecule has 0 aliphatic rings. The van der Waals surface area contributed by atoms with Gasteiger partial charge in [-0.05, 0) is 89.9 Å². The normalized spacial score (nSPS) is 13.0. The van der Waals surface area contributed by atoms with E-state index in [-0.39, 0.29) is 31.6 Å². The van der Waals surface area contributed by atoms with Crippen LogP contribution in [-0.2, 0) is 28.6 Å². The maximum Gasteiger partial charge on any atom is 0.310 e. The van der Waals surface area contributed by atoms with Crippen molar-refractivity contribution in [2.24, 2.45) is 0 Å². The third kappa shape index (κ3) is 52.8. The average Bonchev–Trinajstić information content (AvgIpc) is 3.34. The van der Waals surface area contributed by atoms with Gasteiger partial charge in [-0.3, -0.25) is 14.4 Å². The molecule has 0 bridgehead atoms. The Morgan fingerprint density at radius 1 is 0.324 bits per heavy atom. The Morgan fingerprint density at radius 3 is 0.971 bits per heavy atom. The largest absolute Gasteiger partial charge is 0.462 e. The Kier molecular flexibility index (Phi) is 52.0. The van der Waals surface area contributed by atoms with E-state index >= 15 is 0 Å². The van der Waals surface area contributed by atoms with Crippen LogP contribution in [0.2, 0.25) is 0 Å². The molecular weight excluding hydrogens is 841 g/mol. The number of allylic oxidation sites excluding steroid dienone is 19. The minimum Gasteiger partial charge on any atom is -0.462 e. The molecule has 0 aliphatic heterocycles. The van der Waals surface area contributed by atoms with Crippen molar-refractivity contribution < 1.29 is 28.6 Å². The van der Waals surface area contributed by atoms with Crippen LogP contribution in [0.15, 0.2) is 122 Å². The summed E-state index contributed by atoms with van der Waals surface area (Å²) < 4.78 is 16.7. The lowest BCUT2D eigenvalue weighted by Crippen LogP contribution is -2.30. The molecule has 6 nitrogen and oxygen atoms in total. The second-order valence-corrected chi connectivity index (χ2v) is 17.8. The predicted octanol–water partition coefficient (Wildman–Crippen LogP) is 18.5. The number of ether oxygens (including phenoxy) is 3. The Balaban J connectivity index is 4.52. The molecule has 0 aliphatic carbocycles. The Morgan fingerprint density at radius 2 is 0.618 bits per heavy atom. The van der Waals surface area contributed by atoms with Crippen molar-refractivity contribution in [3.63, 3.8) is 0 Å². The number of carbonyl (C=O) groups excluding carboxylic acids is 3. The molecule has 0 N–H and O–H groups in total. The van der Waals surface area contributed by atoms with E-state index < -0.39 is 12.1 Å². The van der Waals surface area contributed by atoms with Gasteiger partial charge in [0.1, 0.15) is 13.2 Å². The van der Waals surface area contributed by atoms with Crippen molar-refractivity contribution >= 4 is 17.9 Å². The van der Waals surface area contributed by atoms with E-state index in [1.807, 2.05) is 6.08 Å². The van der Waals surface area contributed by atoms with Crippen LogP contribution in [0.4, 0.5) is 0 Å². The summed E-state index contributed by atoms with van der Waals surface area (Å²) in [5.74, 6) is -1.08. The Labute approximate surface area is 418 Å². The van der Waals surface area contributed by atoms with Gasteiger partial charge in [0.15, 0.2) is 6.10 Å². The average molecular weight is 941 g/mol. The molecule has 0 radical (unpaired) electrons. The molecule has 0 saturated carbocycles. The highest BCUT2D eigenvalue weighted by atomic mass is 16.6. The lowest BCUT2D eigenvalue weighted by molar-refractivity contribution is -0.166. The van der Waals surface area contributed by atoms with Crippen LogP contribution >= 0.6 is 0 Å². The first-order valence-corrected chi connectivity index (χ1v) is 27.5. The number of unbranched alkanes of at least 4 members (excludes halogenated alkanes) is 18. The van der Waals surface area contributed by atoms with Gasteiger partial charge < -0.3 is 14.2 Å². The molecule has 0 rings (SSSR count). The minimum atomic E-state index is -0.842. The summed E-state index contributed by atoms with van der Waals surface area (Å²) in [5.41, 5.74) is 0. The minimum absolute atomic E-state index is 0.0893. The standard InChI is InChI=1S/C62H100O6/c1-4-7-10-13-16-19-22-25-28-29-30-31-32-33-35-37-40-43-46-49-52-55-61(64)67-58-59(57-66-60(63)54-51-48-45-42-39-36-27-24-21-18-15-12-9-6-3)68-62(65)56-53-50-47-44-41-38-34-26-23-20-17-14-11-8-5-2/h7-8,10-11,16-17,19-20,25-26,28,30-31,33-35,41,44,50,53,59H,4-6,9,12-15,18,21-24,27,29,32,36-40,42-43,45-49,51-52,54-58H2,1-3H3/b10-7-,11-8-,19-16-,20-17-,28-25-,31-30-,34-26-,35-33-,44-41-,53-50-. The fourth-order valence-electron chi connectivity index (χ4n) is 7.19. The Bertz CT molecular complexity index is 1450. The fraction of sp³-hybridized carbons (Fsp3) is 0.629. The maximum atomic E-state index is 12.8. The summed E-state index contributed by atoms with van der Waals surface area (Å²) in [5, 5.41) is 0. The van der Waals surface area contributed by atoms with Gasteiger partial charge >= 0.3 is 17.9 Å². The van der Waals surface area contributed by atoms with Gasteiger partial charge in [0.2, 0.25) is 0 Å². The van der Waals surface area contributed by atoms with Crippen LogP contribution in [0.1, 0.15) is 233 Å².